The zero-order chi connectivity index (χ0) is 22.1. The van der Waals surface area contributed by atoms with E-state index in [1.807, 2.05) is 4.90 Å². The molecule has 0 spiro atoms. The third-order valence-electron chi connectivity index (χ3n) is 4.96. The summed E-state index contributed by atoms with van der Waals surface area (Å²) in [6.45, 7) is 7.24. The molecule has 0 amide bonds. The second-order valence-electron chi connectivity index (χ2n) is 7.33. The van der Waals surface area contributed by atoms with Crippen LogP contribution in [-0.2, 0) is 26.5 Å². The topological polar surface area (TPSA) is 94.2 Å². The predicted octanol–water partition coefficient (Wildman–Crippen LogP) is 2.98. The van der Waals surface area contributed by atoms with Crippen LogP contribution in [0.4, 0.5) is 24.9 Å². The smallest absolute Gasteiger partial charge is 0.384 e. The number of aromatic nitrogens is 3. The number of pyridine rings is 1. The van der Waals surface area contributed by atoms with E-state index in [0.717, 1.165) is 12.3 Å². The number of hydrogen-bond donors (Lipinski definition) is 1. The summed E-state index contributed by atoms with van der Waals surface area (Å²) in [5, 5.41) is 0. The van der Waals surface area contributed by atoms with Crippen molar-refractivity contribution in [2.45, 2.75) is 31.7 Å². The summed E-state index contributed by atoms with van der Waals surface area (Å²) in [5.74, 6) is 0.425. The first kappa shape index (κ1) is 22.4. The lowest BCUT2D eigenvalue weighted by molar-refractivity contribution is -0.137. The van der Waals surface area contributed by atoms with Gasteiger partial charge in [0.05, 0.1) is 34.9 Å². The van der Waals surface area contributed by atoms with Gasteiger partial charge in [0, 0.05) is 41.4 Å². The van der Waals surface area contributed by atoms with Gasteiger partial charge in [-0.3, -0.25) is 4.21 Å². The molecule has 0 saturated carbocycles. The van der Waals surface area contributed by atoms with E-state index in [0.29, 0.717) is 37.8 Å². The number of halogens is 3. The summed E-state index contributed by atoms with van der Waals surface area (Å²) in [5.41, 5.74) is 4.83. The quantitative estimate of drug-likeness (QED) is 0.759. The van der Waals surface area contributed by atoms with Gasteiger partial charge in [-0.1, -0.05) is 6.92 Å². The van der Waals surface area contributed by atoms with Crippen molar-refractivity contribution in [1.29, 1.82) is 0 Å². The molecule has 2 aromatic rings. The zero-order valence-corrected chi connectivity index (χ0v) is 17.8. The average molecular weight is 443 g/mol. The van der Waals surface area contributed by atoms with Gasteiger partial charge in [-0.2, -0.15) is 13.2 Å². The molecule has 1 fully saturated rings. The average Bonchev–Trinajstić information content (AvgIpc) is 2.72. The number of nitrogen functional groups attached to an aromatic ring is 1. The maximum absolute atomic E-state index is 13.7. The fourth-order valence-electron chi connectivity index (χ4n) is 3.17. The minimum atomic E-state index is -4.64. The van der Waals surface area contributed by atoms with Crippen LogP contribution in [0, 0.1) is 0 Å². The highest BCUT2D eigenvalue weighted by Gasteiger charge is 2.36. The van der Waals surface area contributed by atoms with Crippen molar-refractivity contribution in [2.24, 2.45) is 0 Å². The van der Waals surface area contributed by atoms with Gasteiger partial charge < -0.3 is 15.4 Å². The molecule has 11 heteroatoms. The van der Waals surface area contributed by atoms with Gasteiger partial charge in [0.2, 0.25) is 5.95 Å². The number of nitrogens with zero attached hydrogens (tertiary/aromatic N) is 4. The van der Waals surface area contributed by atoms with E-state index in [4.69, 9.17) is 10.5 Å². The molecular formula is C19H24F3N5O2S. The van der Waals surface area contributed by atoms with E-state index in [1.54, 1.807) is 20.8 Å². The molecule has 0 aromatic carbocycles. The van der Waals surface area contributed by atoms with E-state index in [9.17, 15) is 17.4 Å². The Morgan fingerprint density at radius 2 is 1.87 bits per heavy atom. The summed E-state index contributed by atoms with van der Waals surface area (Å²) in [6.07, 6.45) is -3.57. The second kappa shape index (κ2) is 8.46. The molecule has 1 saturated heterocycles. The lowest BCUT2D eigenvalue weighted by Gasteiger charge is -2.29. The summed E-state index contributed by atoms with van der Waals surface area (Å²) < 4.78 is 58.2. The first-order chi connectivity index (χ1) is 14.0. The SMILES string of the molecule is CCS(=O)C(C)(C)c1cc(-c2cnc(N)cc2C(F)(F)F)nc(N2CCOCC2)n1. The second-order valence-corrected chi connectivity index (χ2v) is 9.62. The Morgan fingerprint density at radius 1 is 1.20 bits per heavy atom. The number of nitrogens with two attached hydrogens (primary N) is 1. The lowest BCUT2D eigenvalue weighted by Crippen LogP contribution is -2.38. The number of anilines is 2. The van der Waals surface area contributed by atoms with Gasteiger partial charge in [0.15, 0.2) is 0 Å². The maximum Gasteiger partial charge on any atom is 0.417 e. The van der Waals surface area contributed by atoms with Crippen LogP contribution >= 0.6 is 0 Å². The van der Waals surface area contributed by atoms with Crippen LogP contribution in [0.3, 0.4) is 0 Å². The first-order valence-corrected chi connectivity index (χ1v) is 10.8. The Balaban J connectivity index is 2.22. The molecule has 0 radical (unpaired) electrons. The lowest BCUT2D eigenvalue weighted by atomic mass is 10.0. The summed E-state index contributed by atoms with van der Waals surface area (Å²) in [4.78, 5) is 14.7. The van der Waals surface area contributed by atoms with Gasteiger partial charge in [-0.05, 0) is 26.0 Å². The normalized spacial score (nSPS) is 16.5. The molecule has 2 aromatic heterocycles. The van der Waals surface area contributed by atoms with Gasteiger partial charge in [0.1, 0.15) is 5.82 Å². The van der Waals surface area contributed by atoms with Crippen LogP contribution in [0.1, 0.15) is 32.0 Å². The van der Waals surface area contributed by atoms with Crippen LogP contribution in [0.25, 0.3) is 11.3 Å². The van der Waals surface area contributed by atoms with Crippen molar-refractivity contribution in [3.05, 3.63) is 29.6 Å². The van der Waals surface area contributed by atoms with Gasteiger partial charge in [-0.15, -0.1) is 0 Å². The highest BCUT2D eigenvalue weighted by Crippen LogP contribution is 2.38. The van der Waals surface area contributed by atoms with Gasteiger partial charge in [0.25, 0.3) is 0 Å². The van der Waals surface area contributed by atoms with Crippen molar-refractivity contribution in [1.82, 2.24) is 15.0 Å². The van der Waals surface area contributed by atoms with Crippen LogP contribution in [0.15, 0.2) is 18.3 Å². The molecule has 3 heterocycles. The number of hydrogen-bond acceptors (Lipinski definition) is 7. The minimum Gasteiger partial charge on any atom is -0.384 e. The molecule has 1 atom stereocenters. The number of morpholine rings is 1. The molecule has 164 valence electrons. The van der Waals surface area contributed by atoms with Crippen molar-refractivity contribution < 1.29 is 22.1 Å². The number of ether oxygens (including phenoxy) is 1. The number of rotatable bonds is 5. The summed E-state index contributed by atoms with van der Waals surface area (Å²) >= 11 is 0. The fourth-order valence-corrected chi connectivity index (χ4v) is 4.23. The Labute approximate surface area is 175 Å². The Morgan fingerprint density at radius 3 is 2.47 bits per heavy atom. The summed E-state index contributed by atoms with van der Waals surface area (Å²) in [6, 6.07) is 2.25. The zero-order valence-electron chi connectivity index (χ0n) is 17.0. The monoisotopic (exact) mass is 443 g/mol. The largest absolute Gasteiger partial charge is 0.417 e. The molecule has 1 unspecified atom stereocenters. The maximum atomic E-state index is 13.7. The standard InChI is InChI=1S/C19H24F3N5O2S/c1-4-30(28)18(2,3)15-10-14(25-17(26-15)27-5-7-29-8-6-27)12-11-24-16(23)9-13(12)19(20,21)22/h9-11H,4-8H2,1-3H3,(H2,23,24). The molecular weight excluding hydrogens is 419 g/mol. The Hall–Kier alpha value is -2.27. The molecule has 30 heavy (non-hydrogen) atoms. The third kappa shape index (κ3) is 4.56. The van der Waals surface area contributed by atoms with E-state index < -0.39 is 27.3 Å². The number of alkyl halides is 3. The molecule has 0 bridgehead atoms. The van der Waals surface area contributed by atoms with Crippen LogP contribution in [0.2, 0.25) is 0 Å². The Bertz CT molecular complexity index is 946. The van der Waals surface area contributed by atoms with Crippen LogP contribution in [-0.4, -0.2) is 51.2 Å². The highest BCUT2D eigenvalue weighted by atomic mass is 32.2. The Kier molecular flexibility index (Phi) is 6.32. The molecule has 7 nitrogen and oxygen atoms in total. The molecule has 1 aliphatic heterocycles. The fraction of sp³-hybridized carbons (Fsp3) is 0.526. The minimum absolute atomic E-state index is 0.0579. The van der Waals surface area contributed by atoms with Crippen LogP contribution in [0.5, 0.6) is 0 Å². The molecule has 3 rings (SSSR count). The molecule has 0 aliphatic carbocycles. The van der Waals surface area contributed by atoms with E-state index in [1.165, 1.54) is 6.07 Å². The van der Waals surface area contributed by atoms with Gasteiger partial charge in [-0.25, -0.2) is 15.0 Å². The van der Waals surface area contributed by atoms with E-state index in [2.05, 4.69) is 15.0 Å². The van der Waals surface area contributed by atoms with E-state index in [-0.39, 0.29) is 23.0 Å². The van der Waals surface area contributed by atoms with E-state index >= 15 is 0 Å². The van der Waals surface area contributed by atoms with Crippen molar-refractivity contribution in [3.8, 4) is 11.3 Å². The van der Waals surface area contributed by atoms with Gasteiger partial charge >= 0.3 is 6.18 Å². The molecule has 2 N–H and O–H groups in total. The van der Waals surface area contributed by atoms with Crippen LogP contribution < -0.4 is 10.6 Å². The highest BCUT2D eigenvalue weighted by molar-refractivity contribution is 7.85. The first-order valence-electron chi connectivity index (χ1n) is 9.48. The molecule has 1 aliphatic rings. The third-order valence-corrected chi connectivity index (χ3v) is 6.83. The van der Waals surface area contributed by atoms with Crippen molar-refractivity contribution >= 4 is 22.6 Å². The van der Waals surface area contributed by atoms with Crippen molar-refractivity contribution in [3.63, 3.8) is 0 Å². The predicted molar refractivity (Wildman–Crippen MR) is 109 cm³/mol. The van der Waals surface area contributed by atoms with Crippen molar-refractivity contribution in [2.75, 3.05) is 42.7 Å². The summed E-state index contributed by atoms with van der Waals surface area (Å²) in [7, 11) is -1.28.